The van der Waals surface area contributed by atoms with Crippen LogP contribution in [0.5, 0.6) is 0 Å². The van der Waals surface area contributed by atoms with Gasteiger partial charge in [0.1, 0.15) is 0 Å². The van der Waals surface area contributed by atoms with Crippen LogP contribution in [0.15, 0.2) is 42.5 Å². The van der Waals surface area contributed by atoms with E-state index in [1.165, 1.54) is 4.90 Å². The zero-order chi connectivity index (χ0) is 14.8. The molecule has 1 aliphatic carbocycles. The summed E-state index contributed by atoms with van der Waals surface area (Å²) in [5.41, 5.74) is 1.13. The molecule has 1 aromatic carbocycles. The van der Waals surface area contributed by atoms with E-state index < -0.39 is 12.0 Å². The minimum absolute atomic E-state index is 0.0831. The summed E-state index contributed by atoms with van der Waals surface area (Å²) in [6.45, 7) is 0. The van der Waals surface area contributed by atoms with Crippen molar-refractivity contribution in [2.45, 2.75) is 37.8 Å². The van der Waals surface area contributed by atoms with Crippen molar-refractivity contribution in [2.75, 3.05) is 0 Å². The molecule has 4 nitrogen and oxygen atoms in total. The van der Waals surface area contributed by atoms with E-state index in [0.717, 1.165) is 5.56 Å². The van der Waals surface area contributed by atoms with Crippen molar-refractivity contribution in [3.05, 3.63) is 48.0 Å². The standard InChI is InChI=1S/C17H19NO3/c19-15-8-4-7-14(15)17(21)18-13(9-10-16(18)20)11-12-5-2-1-3-6-12/h1-6,8,13-15,19H,7,9-11H2/t13?,14-,15-/m0/s1. The molecule has 1 fully saturated rings. The van der Waals surface area contributed by atoms with E-state index in [9.17, 15) is 14.7 Å². The number of aliphatic hydroxyl groups excluding tert-OH is 1. The highest BCUT2D eigenvalue weighted by molar-refractivity contribution is 5.98. The number of nitrogens with zero attached hydrogens (tertiary/aromatic N) is 1. The van der Waals surface area contributed by atoms with Gasteiger partial charge in [-0.25, -0.2) is 0 Å². The SMILES string of the molecule is O=C1CCC(Cc2ccccc2)N1C(=O)[C@H]1CC=C[C@@H]1O. The molecule has 4 heteroatoms. The van der Waals surface area contributed by atoms with Crippen LogP contribution in [0.25, 0.3) is 0 Å². The Labute approximate surface area is 124 Å². The van der Waals surface area contributed by atoms with Crippen molar-refractivity contribution in [3.8, 4) is 0 Å². The van der Waals surface area contributed by atoms with Gasteiger partial charge in [-0.2, -0.15) is 0 Å². The van der Waals surface area contributed by atoms with Crippen LogP contribution in [-0.2, 0) is 16.0 Å². The number of amides is 2. The summed E-state index contributed by atoms with van der Waals surface area (Å²) in [4.78, 5) is 26.1. The van der Waals surface area contributed by atoms with E-state index in [1.807, 2.05) is 30.3 Å². The molecule has 3 atom stereocenters. The van der Waals surface area contributed by atoms with E-state index in [4.69, 9.17) is 0 Å². The van der Waals surface area contributed by atoms with Gasteiger partial charge in [-0.15, -0.1) is 0 Å². The first-order chi connectivity index (χ1) is 10.2. The fourth-order valence-corrected chi connectivity index (χ4v) is 3.19. The van der Waals surface area contributed by atoms with Gasteiger partial charge >= 0.3 is 0 Å². The van der Waals surface area contributed by atoms with Crippen molar-refractivity contribution in [2.24, 2.45) is 5.92 Å². The number of hydrogen-bond donors (Lipinski definition) is 1. The van der Waals surface area contributed by atoms with Crippen molar-refractivity contribution in [1.82, 2.24) is 4.90 Å². The van der Waals surface area contributed by atoms with Crippen molar-refractivity contribution < 1.29 is 14.7 Å². The molecular formula is C17H19NO3. The molecule has 1 aromatic rings. The summed E-state index contributed by atoms with van der Waals surface area (Å²) >= 11 is 0. The Bertz CT molecular complexity index is 567. The predicted molar refractivity (Wildman–Crippen MR) is 78.3 cm³/mol. The molecule has 0 saturated carbocycles. The molecule has 0 spiro atoms. The molecule has 2 amide bonds. The number of hydrogen-bond acceptors (Lipinski definition) is 3. The number of likely N-dealkylation sites (tertiary alicyclic amines) is 1. The third-order valence-corrected chi connectivity index (χ3v) is 4.33. The van der Waals surface area contributed by atoms with Crippen LogP contribution in [-0.4, -0.2) is 34.0 Å². The number of rotatable bonds is 3. The molecule has 21 heavy (non-hydrogen) atoms. The normalized spacial score (nSPS) is 28.3. The molecule has 0 aromatic heterocycles. The monoisotopic (exact) mass is 285 g/mol. The molecule has 0 radical (unpaired) electrons. The van der Waals surface area contributed by atoms with E-state index in [-0.39, 0.29) is 17.9 Å². The Morgan fingerprint density at radius 2 is 2.05 bits per heavy atom. The summed E-state index contributed by atoms with van der Waals surface area (Å²) < 4.78 is 0. The van der Waals surface area contributed by atoms with Gasteiger partial charge in [-0.3, -0.25) is 14.5 Å². The summed E-state index contributed by atoms with van der Waals surface area (Å²) in [6, 6.07) is 9.81. The average Bonchev–Trinajstić information content (AvgIpc) is 3.06. The number of aliphatic hydroxyl groups is 1. The van der Waals surface area contributed by atoms with Gasteiger partial charge in [0.15, 0.2) is 0 Å². The van der Waals surface area contributed by atoms with Crippen LogP contribution in [0.2, 0.25) is 0 Å². The molecule has 1 heterocycles. The lowest BCUT2D eigenvalue weighted by Crippen LogP contribution is -2.45. The fraction of sp³-hybridized carbons (Fsp3) is 0.412. The van der Waals surface area contributed by atoms with Gasteiger partial charge in [0.25, 0.3) is 0 Å². The van der Waals surface area contributed by atoms with Gasteiger partial charge in [0.05, 0.1) is 12.0 Å². The molecule has 1 aliphatic heterocycles. The lowest BCUT2D eigenvalue weighted by atomic mass is 10.00. The summed E-state index contributed by atoms with van der Waals surface area (Å²) in [7, 11) is 0. The van der Waals surface area contributed by atoms with E-state index >= 15 is 0 Å². The summed E-state index contributed by atoms with van der Waals surface area (Å²) in [5.74, 6) is -0.832. The zero-order valence-electron chi connectivity index (χ0n) is 11.8. The first-order valence-electron chi connectivity index (χ1n) is 7.41. The molecule has 2 aliphatic rings. The maximum absolute atomic E-state index is 12.6. The lowest BCUT2D eigenvalue weighted by molar-refractivity contribution is -0.148. The number of carbonyl (C=O) groups excluding carboxylic acids is 2. The molecule has 1 N–H and O–H groups in total. The Hall–Kier alpha value is -1.94. The summed E-state index contributed by atoms with van der Waals surface area (Å²) in [6.07, 6.45) is 5.00. The number of allylic oxidation sites excluding steroid dienone is 1. The number of imide groups is 1. The van der Waals surface area contributed by atoms with E-state index in [0.29, 0.717) is 25.7 Å². The van der Waals surface area contributed by atoms with Gasteiger partial charge < -0.3 is 5.11 Å². The third-order valence-electron chi connectivity index (χ3n) is 4.33. The maximum Gasteiger partial charge on any atom is 0.235 e. The largest absolute Gasteiger partial charge is 0.388 e. The Balaban J connectivity index is 1.75. The quantitative estimate of drug-likeness (QED) is 0.679. The minimum atomic E-state index is -0.761. The first-order valence-corrected chi connectivity index (χ1v) is 7.41. The van der Waals surface area contributed by atoms with E-state index in [2.05, 4.69) is 0 Å². The van der Waals surface area contributed by atoms with Crippen LogP contribution < -0.4 is 0 Å². The van der Waals surface area contributed by atoms with Crippen LogP contribution >= 0.6 is 0 Å². The second-order valence-electron chi connectivity index (χ2n) is 5.75. The van der Waals surface area contributed by atoms with Gasteiger partial charge in [0.2, 0.25) is 11.8 Å². The topological polar surface area (TPSA) is 57.6 Å². The zero-order valence-corrected chi connectivity index (χ0v) is 11.8. The highest BCUT2D eigenvalue weighted by Crippen LogP contribution is 2.28. The molecule has 3 rings (SSSR count). The Morgan fingerprint density at radius 3 is 2.71 bits per heavy atom. The second-order valence-corrected chi connectivity index (χ2v) is 5.75. The molecular weight excluding hydrogens is 266 g/mol. The van der Waals surface area contributed by atoms with Crippen LogP contribution in [0.4, 0.5) is 0 Å². The van der Waals surface area contributed by atoms with Crippen molar-refractivity contribution >= 4 is 11.8 Å². The first kappa shape index (κ1) is 14.0. The second kappa shape index (κ2) is 5.82. The van der Waals surface area contributed by atoms with E-state index in [1.54, 1.807) is 12.2 Å². The van der Waals surface area contributed by atoms with Crippen molar-refractivity contribution in [3.63, 3.8) is 0 Å². The molecule has 1 saturated heterocycles. The fourth-order valence-electron chi connectivity index (χ4n) is 3.19. The average molecular weight is 285 g/mol. The maximum atomic E-state index is 12.6. The predicted octanol–water partition coefficient (Wildman–Crippen LogP) is 1.68. The Kier molecular flexibility index (Phi) is 3.88. The minimum Gasteiger partial charge on any atom is -0.388 e. The highest BCUT2D eigenvalue weighted by atomic mass is 16.3. The van der Waals surface area contributed by atoms with Gasteiger partial charge in [-0.05, 0) is 24.8 Å². The highest BCUT2D eigenvalue weighted by Gasteiger charge is 2.41. The molecule has 110 valence electrons. The number of carbonyl (C=O) groups is 2. The van der Waals surface area contributed by atoms with Crippen LogP contribution in [0.1, 0.15) is 24.8 Å². The van der Waals surface area contributed by atoms with Crippen LogP contribution in [0, 0.1) is 5.92 Å². The van der Waals surface area contributed by atoms with Crippen molar-refractivity contribution in [1.29, 1.82) is 0 Å². The summed E-state index contributed by atoms with van der Waals surface area (Å²) in [5, 5.41) is 9.84. The number of benzene rings is 1. The van der Waals surface area contributed by atoms with Gasteiger partial charge in [-0.1, -0.05) is 42.5 Å². The van der Waals surface area contributed by atoms with Gasteiger partial charge in [0, 0.05) is 12.5 Å². The molecule has 0 bridgehead atoms. The Morgan fingerprint density at radius 1 is 1.29 bits per heavy atom. The third kappa shape index (κ3) is 2.76. The van der Waals surface area contributed by atoms with Crippen LogP contribution in [0.3, 0.4) is 0 Å². The molecule has 1 unspecified atom stereocenters. The lowest BCUT2D eigenvalue weighted by Gasteiger charge is -2.27. The smallest absolute Gasteiger partial charge is 0.235 e.